The van der Waals surface area contributed by atoms with Crippen molar-refractivity contribution in [3.63, 3.8) is 0 Å². The van der Waals surface area contributed by atoms with E-state index in [4.69, 9.17) is 14.0 Å². The van der Waals surface area contributed by atoms with Crippen LogP contribution in [0.2, 0.25) is 0 Å². The van der Waals surface area contributed by atoms with Gasteiger partial charge in [-0.15, -0.1) is 0 Å². The van der Waals surface area contributed by atoms with E-state index in [1.807, 2.05) is 0 Å². The smallest absolute Gasteiger partial charge is 0.337 e. The van der Waals surface area contributed by atoms with E-state index in [1.165, 1.54) is 0 Å². The highest BCUT2D eigenvalue weighted by Gasteiger charge is 2.57. The van der Waals surface area contributed by atoms with Crippen LogP contribution >= 0.6 is 0 Å². The van der Waals surface area contributed by atoms with Crippen LogP contribution < -0.4 is 0 Å². The third-order valence-electron chi connectivity index (χ3n) is 3.88. The van der Waals surface area contributed by atoms with E-state index in [0.29, 0.717) is 24.2 Å². The lowest BCUT2D eigenvalue weighted by Gasteiger charge is -2.13. The van der Waals surface area contributed by atoms with Crippen LogP contribution in [0, 0.1) is 17.8 Å². The highest BCUT2D eigenvalue weighted by Crippen LogP contribution is 2.56. The molecule has 1 saturated heterocycles. The SMILES string of the molecule is O=C(OCCS(=O)(=O)O)C1=C2OC(=O)C3CC1CC23. The van der Waals surface area contributed by atoms with Crippen molar-refractivity contribution in [1.29, 1.82) is 0 Å². The molecule has 0 aromatic rings. The molecule has 0 amide bonds. The van der Waals surface area contributed by atoms with Gasteiger partial charge in [-0.3, -0.25) is 9.35 Å². The molecule has 1 saturated carbocycles. The highest BCUT2D eigenvalue weighted by atomic mass is 32.2. The molecule has 2 fully saturated rings. The van der Waals surface area contributed by atoms with Gasteiger partial charge < -0.3 is 9.47 Å². The average molecular weight is 288 g/mol. The molecule has 3 rings (SSSR count). The largest absolute Gasteiger partial charge is 0.461 e. The van der Waals surface area contributed by atoms with Gasteiger partial charge in [0.2, 0.25) is 0 Å². The Labute approximate surface area is 109 Å². The Morgan fingerprint density at radius 3 is 2.74 bits per heavy atom. The Bertz CT molecular complexity index is 588. The van der Waals surface area contributed by atoms with Crippen LogP contribution in [-0.4, -0.2) is 37.3 Å². The Kier molecular flexibility index (Phi) is 2.68. The molecule has 7 nitrogen and oxygen atoms in total. The van der Waals surface area contributed by atoms with Crippen molar-refractivity contribution in [3.05, 3.63) is 11.3 Å². The third kappa shape index (κ3) is 2.04. The third-order valence-corrected chi connectivity index (χ3v) is 4.56. The van der Waals surface area contributed by atoms with Gasteiger partial charge in [-0.05, 0) is 18.8 Å². The van der Waals surface area contributed by atoms with Crippen molar-refractivity contribution in [2.75, 3.05) is 12.4 Å². The number of carbonyl (C=O) groups is 2. The molecule has 104 valence electrons. The van der Waals surface area contributed by atoms with Crippen LogP contribution in [0.1, 0.15) is 12.8 Å². The minimum absolute atomic E-state index is 0.0124. The Morgan fingerprint density at radius 1 is 1.37 bits per heavy atom. The fourth-order valence-electron chi connectivity index (χ4n) is 3.12. The van der Waals surface area contributed by atoms with Gasteiger partial charge in [0, 0.05) is 5.92 Å². The zero-order valence-electron chi connectivity index (χ0n) is 9.87. The van der Waals surface area contributed by atoms with Crippen LogP contribution in [0.5, 0.6) is 0 Å². The van der Waals surface area contributed by atoms with E-state index in [-0.39, 0.29) is 23.7 Å². The van der Waals surface area contributed by atoms with Crippen molar-refractivity contribution < 1.29 is 32.0 Å². The van der Waals surface area contributed by atoms with Crippen molar-refractivity contribution in [3.8, 4) is 0 Å². The maximum atomic E-state index is 11.9. The predicted molar refractivity (Wildman–Crippen MR) is 60.2 cm³/mol. The van der Waals surface area contributed by atoms with Gasteiger partial charge in [-0.1, -0.05) is 0 Å². The van der Waals surface area contributed by atoms with Gasteiger partial charge >= 0.3 is 11.9 Å². The average Bonchev–Trinajstić information content (AvgIpc) is 2.87. The van der Waals surface area contributed by atoms with Crippen LogP contribution in [0.15, 0.2) is 11.3 Å². The monoisotopic (exact) mass is 288 g/mol. The van der Waals surface area contributed by atoms with Crippen molar-refractivity contribution in [1.82, 2.24) is 0 Å². The predicted octanol–water partition coefficient (Wildman–Crippen LogP) is -0.116. The number of rotatable bonds is 4. The summed E-state index contributed by atoms with van der Waals surface area (Å²) in [6, 6.07) is 0. The summed E-state index contributed by atoms with van der Waals surface area (Å²) >= 11 is 0. The van der Waals surface area contributed by atoms with Gasteiger partial charge in [0.15, 0.2) is 0 Å². The molecule has 0 radical (unpaired) electrons. The van der Waals surface area contributed by atoms with E-state index in [0.717, 1.165) is 0 Å². The number of ether oxygens (including phenoxy) is 2. The molecule has 1 aliphatic heterocycles. The second kappa shape index (κ2) is 4.04. The number of fused-ring (bicyclic) bond motifs is 1. The van der Waals surface area contributed by atoms with E-state index >= 15 is 0 Å². The molecule has 0 aromatic heterocycles. The number of hydrogen-bond acceptors (Lipinski definition) is 6. The first-order valence-corrected chi connectivity index (χ1v) is 7.56. The molecule has 0 spiro atoms. The lowest BCUT2D eigenvalue weighted by Crippen LogP contribution is -2.20. The first-order chi connectivity index (χ1) is 8.87. The van der Waals surface area contributed by atoms with Crippen LogP contribution in [0.4, 0.5) is 0 Å². The summed E-state index contributed by atoms with van der Waals surface area (Å²) in [5.74, 6) is -1.35. The lowest BCUT2D eigenvalue weighted by atomic mass is 9.91. The van der Waals surface area contributed by atoms with Crippen LogP contribution in [-0.2, 0) is 29.2 Å². The van der Waals surface area contributed by atoms with E-state index in [1.54, 1.807) is 0 Å². The van der Waals surface area contributed by atoms with E-state index in [2.05, 4.69) is 0 Å². The molecular formula is C11H12O7S. The Morgan fingerprint density at radius 2 is 2.05 bits per heavy atom. The number of esters is 2. The molecule has 8 heteroatoms. The van der Waals surface area contributed by atoms with Crippen molar-refractivity contribution >= 4 is 22.1 Å². The summed E-state index contributed by atoms with van der Waals surface area (Å²) in [5, 5.41) is 0. The maximum absolute atomic E-state index is 11.9. The fourth-order valence-corrected chi connectivity index (χ4v) is 3.42. The second-order valence-electron chi connectivity index (χ2n) is 5.00. The van der Waals surface area contributed by atoms with E-state index < -0.39 is 28.4 Å². The van der Waals surface area contributed by atoms with Gasteiger partial charge in [-0.25, -0.2) is 4.79 Å². The summed E-state index contributed by atoms with van der Waals surface area (Å²) in [6.45, 7) is -0.413. The highest BCUT2D eigenvalue weighted by molar-refractivity contribution is 7.85. The van der Waals surface area contributed by atoms with Crippen LogP contribution in [0.25, 0.3) is 0 Å². The first-order valence-electron chi connectivity index (χ1n) is 5.95. The zero-order valence-corrected chi connectivity index (χ0v) is 10.7. The van der Waals surface area contributed by atoms with Crippen LogP contribution in [0.3, 0.4) is 0 Å². The summed E-state index contributed by atoms with van der Waals surface area (Å²) < 4.78 is 39.5. The minimum atomic E-state index is -4.15. The molecule has 1 heterocycles. The topological polar surface area (TPSA) is 107 Å². The number of allylic oxidation sites excluding steroid dienone is 1. The van der Waals surface area contributed by atoms with E-state index in [9.17, 15) is 18.0 Å². The maximum Gasteiger partial charge on any atom is 0.337 e. The Hall–Kier alpha value is -1.41. The van der Waals surface area contributed by atoms with Crippen molar-refractivity contribution in [2.24, 2.45) is 17.8 Å². The minimum Gasteiger partial charge on any atom is -0.461 e. The quantitative estimate of drug-likeness (QED) is 0.567. The lowest BCUT2D eigenvalue weighted by molar-refractivity contribution is -0.139. The van der Waals surface area contributed by atoms with Crippen molar-refractivity contribution in [2.45, 2.75) is 12.8 Å². The number of hydrogen-bond donors (Lipinski definition) is 1. The molecule has 3 atom stereocenters. The summed E-state index contributed by atoms with van der Waals surface area (Å²) in [7, 11) is -4.15. The number of carbonyl (C=O) groups excluding carboxylic acids is 2. The summed E-state index contributed by atoms with van der Waals surface area (Å²) in [5.41, 5.74) is 0.363. The Balaban J connectivity index is 1.70. The summed E-state index contributed by atoms with van der Waals surface area (Å²) in [4.78, 5) is 23.4. The zero-order chi connectivity index (χ0) is 13.8. The van der Waals surface area contributed by atoms with Gasteiger partial charge in [-0.2, -0.15) is 8.42 Å². The van der Waals surface area contributed by atoms with Gasteiger partial charge in [0.05, 0.1) is 11.5 Å². The standard InChI is InChI=1S/C11H12O7S/c12-10-7-4-5-3-6(7)9(18-10)8(5)11(13)17-1-2-19(14,15)16/h5-7H,1-4H2,(H,14,15,16). The fraction of sp³-hybridized carbons (Fsp3) is 0.636. The van der Waals surface area contributed by atoms with Gasteiger partial charge in [0.1, 0.15) is 18.1 Å². The molecule has 19 heavy (non-hydrogen) atoms. The molecule has 0 aromatic carbocycles. The molecule has 3 unspecified atom stereocenters. The molecule has 2 bridgehead atoms. The normalized spacial score (nSPS) is 31.8. The first kappa shape index (κ1) is 12.6. The summed E-state index contributed by atoms with van der Waals surface area (Å²) in [6.07, 6.45) is 1.31. The molecule has 1 N–H and O–H groups in total. The molecule has 2 aliphatic carbocycles. The molecular weight excluding hydrogens is 276 g/mol. The van der Waals surface area contributed by atoms with Gasteiger partial charge in [0.25, 0.3) is 10.1 Å². The second-order valence-corrected chi connectivity index (χ2v) is 6.57. The molecule has 3 aliphatic rings.